The van der Waals surface area contributed by atoms with Gasteiger partial charge >= 0.3 is 0 Å². The van der Waals surface area contributed by atoms with Gasteiger partial charge in [0.05, 0.1) is 11.6 Å². The van der Waals surface area contributed by atoms with Gasteiger partial charge in [-0.3, -0.25) is 0 Å². The third kappa shape index (κ3) is 2.04. The van der Waals surface area contributed by atoms with Crippen LogP contribution in [0.15, 0.2) is 12.5 Å². The summed E-state index contributed by atoms with van der Waals surface area (Å²) in [6, 6.07) is 0. The van der Waals surface area contributed by atoms with E-state index >= 15 is 0 Å². The summed E-state index contributed by atoms with van der Waals surface area (Å²) in [5.74, 6) is 1.62. The maximum Gasteiger partial charge on any atom is 0.163 e. The number of hydrogen-bond donors (Lipinski definition) is 1. The van der Waals surface area contributed by atoms with E-state index in [-0.39, 0.29) is 0 Å². The van der Waals surface area contributed by atoms with Crippen LogP contribution in [0, 0.1) is 0 Å². The summed E-state index contributed by atoms with van der Waals surface area (Å²) >= 11 is 1.83. The first-order valence-electron chi connectivity index (χ1n) is 4.74. The average molecular weight is 223 g/mol. The second-order valence-electron chi connectivity index (χ2n) is 3.21. The van der Waals surface area contributed by atoms with Crippen molar-refractivity contribution in [1.29, 1.82) is 0 Å². The lowest BCUT2D eigenvalue weighted by molar-refractivity contribution is 0.620. The number of thioether (sulfide) groups is 1. The summed E-state index contributed by atoms with van der Waals surface area (Å²) in [4.78, 5) is 8.11. The maximum atomic E-state index is 5.72. The Morgan fingerprint density at radius 1 is 1.47 bits per heavy atom. The van der Waals surface area contributed by atoms with Gasteiger partial charge in [0.1, 0.15) is 12.1 Å². The van der Waals surface area contributed by atoms with Gasteiger partial charge in [-0.05, 0) is 18.4 Å². The molecule has 2 rings (SSSR count). The third-order valence-electron chi connectivity index (χ3n) is 2.18. The monoisotopic (exact) mass is 223 g/mol. The zero-order chi connectivity index (χ0) is 10.7. The van der Waals surface area contributed by atoms with Crippen LogP contribution in [0.3, 0.4) is 0 Å². The molecule has 0 saturated carbocycles. The SMILES string of the molecule is CSCCCn1ncc2c(N)ncnc21. The molecule has 80 valence electrons. The Bertz CT molecular complexity index is 453. The van der Waals surface area contributed by atoms with Crippen LogP contribution >= 0.6 is 11.8 Å². The fraction of sp³-hybridized carbons (Fsp3) is 0.444. The van der Waals surface area contributed by atoms with E-state index in [2.05, 4.69) is 21.3 Å². The molecule has 6 heteroatoms. The van der Waals surface area contributed by atoms with E-state index in [1.165, 1.54) is 6.33 Å². The molecular formula is C9H13N5S. The largest absolute Gasteiger partial charge is 0.383 e. The molecule has 0 atom stereocenters. The standard InChI is InChI=1S/C9H13N5S/c1-15-4-2-3-14-9-7(5-13-14)8(10)11-6-12-9/h5-6H,2-4H2,1H3,(H2,10,11,12). The molecule has 0 spiro atoms. The Labute approximate surface area is 92.1 Å². The van der Waals surface area contributed by atoms with Crippen molar-refractivity contribution in [3.8, 4) is 0 Å². The first-order valence-corrected chi connectivity index (χ1v) is 6.13. The smallest absolute Gasteiger partial charge is 0.163 e. The van der Waals surface area contributed by atoms with Crippen LogP contribution in [0.1, 0.15) is 6.42 Å². The molecule has 0 aliphatic carbocycles. The summed E-state index contributed by atoms with van der Waals surface area (Å²) in [7, 11) is 0. The van der Waals surface area contributed by atoms with Crippen molar-refractivity contribution < 1.29 is 0 Å². The molecule has 0 aromatic carbocycles. The molecule has 0 saturated heterocycles. The van der Waals surface area contributed by atoms with Gasteiger partial charge in [-0.15, -0.1) is 0 Å². The van der Waals surface area contributed by atoms with Crippen LogP contribution < -0.4 is 5.73 Å². The molecular weight excluding hydrogens is 210 g/mol. The number of fused-ring (bicyclic) bond motifs is 1. The quantitative estimate of drug-likeness (QED) is 0.788. The minimum Gasteiger partial charge on any atom is -0.383 e. The Balaban J connectivity index is 2.25. The molecule has 0 unspecified atom stereocenters. The molecule has 5 nitrogen and oxygen atoms in total. The Morgan fingerprint density at radius 3 is 3.13 bits per heavy atom. The molecule has 0 amide bonds. The summed E-state index contributed by atoms with van der Waals surface area (Å²) in [5.41, 5.74) is 6.54. The lowest BCUT2D eigenvalue weighted by Gasteiger charge is -2.01. The Morgan fingerprint density at radius 2 is 2.33 bits per heavy atom. The highest BCUT2D eigenvalue weighted by Crippen LogP contribution is 2.15. The fourth-order valence-electron chi connectivity index (χ4n) is 1.43. The van der Waals surface area contributed by atoms with Gasteiger partial charge in [-0.1, -0.05) is 0 Å². The Kier molecular flexibility index (Phi) is 3.05. The molecule has 0 fully saturated rings. The Hall–Kier alpha value is -1.30. The number of nitrogens with two attached hydrogens (primary N) is 1. The van der Waals surface area contributed by atoms with E-state index < -0.39 is 0 Å². The molecule has 2 heterocycles. The van der Waals surface area contributed by atoms with Crippen molar-refractivity contribution in [2.75, 3.05) is 17.7 Å². The molecule has 15 heavy (non-hydrogen) atoms. The number of nitrogens with zero attached hydrogens (tertiary/aromatic N) is 4. The first-order chi connectivity index (χ1) is 7.33. The predicted molar refractivity (Wildman–Crippen MR) is 62.7 cm³/mol. The highest BCUT2D eigenvalue weighted by atomic mass is 32.2. The summed E-state index contributed by atoms with van der Waals surface area (Å²) in [6.07, 6.45) is 6.39. The fourth-order valence-corrected chi connectivity index (χ4v) is 1.85. The van der Waals surface area contributed by atoms with Gasteiger partial charge in [0.25, 0.3) is 0 Å². The number of aryl methyl sites for hydroxylation is 1. The van der Waals surface area contributed by atoms with E-state index in [0.717, 1.165) is 29.8 Å². The molecule has 0 aliphatic heterocycles. The number of rotatable bonds is 4. The van der Waals surface area contributed by atoms with Crippen LogP contribution in [0.2, 0.25) is 0 Å². The number of anilines is 1. The molecule has 0 radical (unpaired) electrons. The minimum atomic E-state index is 0.496. The summed E-state index contributed by atoms with van der Waals surface area (Å²) in [6.45, 7) is 0.876. The molecule has 2 N–H and O–H groups in total. The van der Waals surface area contributed by atoms with Crippen molar-refractivity contribution in [3.05, 3.63) is 12.5 Å². The van der Waals surface area contributed by atoms with Crippen LogP contribution in [0.25, 0.3) is 11.0 Å². The van der Waals surface area contributed by atoms with Crippen LogP contribution in [0.5, 0.6) is 0 Å². The van der Waals surface area contributed by atoms with Crippen molar-refractivity contribution in [2.24, 2.45) is 0 Å². The average Bonchev–Trinajstić information content (AvgIpc) is 2.64. The number of hydrogen-bond acceptors (Lipinski definition) is 5. The second-order valence-corrected chi connectivity index (χ2v) is 4.20. The van der Waals surface area contributed by atoms with Crippen molar-refractivity contribution in [3.63, 3.8) is 0 Å². The van der Waals surface area contributed by atoms with Gasteiger partial charge in [0, 0.05) is 6.54 Å². The zero-order valence-electron chi connectivity index (χ0n) is 8.55. The van der Waals surface area contributed by atoms with Crippen molar-refractivity contribution >= 4 is 28.6 Å². The zero-order valence-corrected chi connectivity index (χ0v) is 9.37. The van der Waals surface area contributed by atoms with Gasteiger partial charge in [0.2, 0.25) is 0 Å². The lowest BCUT2D eigenvalue weighted by atomic mass is 10.4. The summed E-state index contributed by atoms with van der Waals surface area (Å²) in [5, 5.41) is 5.09. The summed E-state index contributed by atoms with van der Waals surface area (Å²) < 4.78 is 1.88. The second kappa shape index (κ2) is 4.48. The number of nitrogen functional groups attached to an aromatic ring is 1. The van der Waals surface area contributed by atoms with Gasteiger partial charge in [-0.2, -0.15) is 16.9 Å². The molecule has 0 bridgehead atoms. The lowest BCUT2D eigenvalue weighted by Crippen LogP contribution is -2.02. The van der Waals surface area contributed by atoms with Gasteiger partial charge < -0.3 is 5.73 Å². The molecule has 0 aliphatic rings. The predicted octanol–water partition coefficient (Wildman–Crippen LogP) is 1.16. The number of aromatic nitrogens is 4. The minimum absolute atomic E-state index is 0.496. The highest BCUT2D eigenvalue weighted by molar-refractivity contribution is 7.98. The van der Waals surface area contributed by atoms with E-state index in [4.69, 9.17) is 5.73 Å². The van der Waals surface area contributed by atoms with Crippen LogP contribution in [-0.2, 0) is 6.54 Å². The van der Waals surface area contributed by atoms with Crippen molar-refractivity contribution in [2.45, 2.75) is 13.0 Å². The highest BCUT2D eigenvalue weighted by Gasteiger charge is 2.06. The van der Waals surface area contributed by atoms with Crippen LogP contribution in [-0.4, -0.2) is 31.8 Å². The van der Waals surface area contributed by atoms with E-state index in [9.17, 15) is 0 Å². The van der Waals surface area contributed by atoms with Crippen molar-refractivity contribution in [1.82, 2.24) is 19.7 Å². The third-order valence-corrected chi connectivity index (χ3v) is 2.88. The molecule has 2 aromatic heterocycles. The van der Waals surface area contributed by atoms with Gasteiger partial charge in [-0.25, -0.2) is 14.6 Å². The maximum absolute atomic E-state index is 5.72. The normalized spacial score (nSPS) is 11.0. The van der Waals surface area contributed by atoms with E-state index in [0.29, 0.717) is 5.82 Å². The van der Waals surface area contributed by atoms with E-state index in [1.807, 2.05) is 16.4 Å². The topological polar surface area (TPSA) is 69.6 Å². The van der Waals surface area contributed by atoms with Gasteiger partial charge in [0.15, 0.2) is 5.65 Å². The first kappa shape index (κ1) is 10.2. The van der Waals surface area contributed by atoms with E-state index in [1.54, 1.807) is 6.20 Å². The van der Waals surface area contributed by atoms with Crippen LogP contribution in [0.4, 0.5) is 5.82 Å². The molecule has 2 aromatic rings.